The molecule has 4 amide bonds. The van der Waals surface area contributed by atoms with Gasteiger partial charge in [-0.05, 0) is 17.7 Å². The van der Waals surface area contributed by atoms with Crippen LogP contribution in [0.4, 0.5) is 10.5 Å². The van der Waals surface area contributed by atoms with Crippen molar-refractivity contribution >= 4 is 23.5 Å². The number of imide groups is 2. The van der Waals surface area contributed by atoms with Crippen LogP contribution in [0.15, 0.2) is 60.7 Å². The van der Waals surface area contributed by atoms with Crippen molar-refractivity contribution in [2.24, 2.45) is 0 Å². The molecule has 1 unspecified atom stereocenters. The van der Waals surface area contributed by atoms with E-state index in [0.717, 1.165) is 9.80 Å². The first-order valence-electron chi connectivity index (χ1n) is 8.50. The lowest BCUT2D eigenvalue weighted by molar-refractivity contribution is -0.160. The van der Waals surface area contributed by atoms with Gasteiger partial charge in [0.15, 0.2) is 0 Å². The summed E-state index contributed by atoms with van der Waals surface area (Å²) >= 11 is 0. The van der Waals surface area contributed by atoms with E-state index in [0.29, 0.717) is 5.56 Å². The van der Waals surface area contributed by atoms with E-state index in [2.05, 4.69) is 0 Å². The molecule has 1 N–H and O–H groups in total. The first kappa shape index (κ1) is 18.8. The molecule has 1 saturated heterocycles. The standard InChI is InChI=1S/C20H20N2O5/c1-27-13-12-21-17(23)20(26,14-15-8-4-2-5-9-15)18(24)22(19(21)25)16-10-6-3-7-11-16/h2-11,26H,12-14H2,1H3. The number of anilines is 1. The molecule has 0 radical (unpaired) electrons. The highest BCUT2D eigenvalue weighted by molar-refractivity contribution is 6.31. The van der Waals surface area contributed by atoms with Gasteiger partial charge in [0, 0.05) is 13.5 Å². The number of amides is 4. The van der Waals surface area contributed by atoms with E-state index in [1.807, 2.05) is 0 Å². The second-order valence-corrected chi connectivity index (χ2v) is 6.23. The van der Waals surface area contributed by atoms with Gasteiger partial charge in [0.05, 0.1) is 18.8 Å². The van der Waals surface area contributed by atoms with Crippen molar-refractivity contribution in [2.75, 3.05) is 25.2 Å². The molecule has 1 fully saturated rings. The molecule has 0 aliphatic carbocycles. The molecule has 1 heterocycles. The molecule has 7 nitrogen and oxygen atoms in total. The Kier molecular flexibility index (Phi) is 5.34. The number of benzene rings is 2. The van der Waals surface area contributed by atoms with Gasteiger partial charge in [0.2, 0.25) is 5.60 Å². The summed E-state index contributed by atoms with van der Waals surface area (Å²) in [5.74, 6) is -1.90. The van der Waals surface area contributed by atoms with Crippen LogP contribution in [-0.2, 0) is 20.7 Å². The normalized spacial score (nSPS) is 20.3. The molecule has 1 aliphatic rings. The number of ether oxygens (including phenoxy) is 1. The minimum atomic E-state index is -2.38. The average molecular weight is 368 g/mol. The van der Waals surface area contributed by atoms with Crippen molar-refractivity contribution in [3.05, 3.63) is 66.2 Å². The number of hydrogen-bond donors (Lipinski definition) is 1. The minimum Gasteiger partial charge on any atom is -0.383 e. The SMILES string of the molecule is COCCN1C(=O)N(c2ccccc2)C(=O)C(O)(Cc2ccccc2)C1=O. The predicted octanol–water partition coefficient (Wildman–Crippen LogP) is 1.60. The Labute approximate surface area is 156 Å². The molecule has 0 aromatic heterocycles. The largest absolute Gasteiger partial charge is 0.383 e. The molecule has 0 bridgehead atoms. The second kappa shape index (κ2) is 7.69. The highest BCUT2D eigenvalue weighted by Gasteiger charge is 2.56. The molecule has 7 heteroatoms. The number of barbiturate groups is 1. The fourth-order valence-electron chi connectivity index (χ4n) is 3.02. The molecule has 1 aliphatic heterocycles. The number of carbonyl (C=O) groups excluding carboxylic acids is 3. The maximum Gasteiger partial charge on any atom is 0.338 e. The molecular formula is C20H20N2O5. The number of hydrogen-bond acceptors (Lipinski definition) is 5. The maximum atomic E-state index is 13.1. The molecule has 0 saturated carbocycles. The zero-order valence-electron chi connectivity index (χ0n) is 14.9. The lowest BCUT2D eigenvalue weighted by Gasteiger charge is -2.41. The van der Waals surface area contributed by atoms with Crippen LogP contribution in [-0.4, -0.2) is 53.7 Å². The maximum absolute atomic E-state index is 13.1. The average Bonchev–Trinajstić information content (AvgIpc) is 2.69. The lowest BCUT2D eigenvalue weighted by atomic mass is 9.89. The van der Waals surface area contributed by atoms with E-state index in [-0.39, 0.29) is 25.3 Å². The zero-order valence-corrected chi connectivity index (χ0v) is 14.9. The molecule has 27 heavy (non-hydrogen) atoms. The molecular weight excluding hydrogens is 348 g/mol. The molecule has 140 valence electrons. The monoisotopic (exact) mass is 368 g/mol. The highest BCUT2D eigenvalue weighted by atomic mass is 16.5. The van der Waals surface area contributed by atoms with Gasteiger partial charge in [-0.1, -0.05) is 48.5 Å². The van der Waals surface area contributed by atoms with Crippen LogP contribution in [0.3, 0.4) is 0 Å². The van der Waals surface area contributed by atoms with Crippen molar-refractivity contribution in [3.63, 3.8) is 0 Å². The third-order valence-electron chi connectivity index (χ3n) is 4.41. The van der Waals surface area contributed by atoms with Crippen LogP contribution in [0.5, 0.6) is 0 Å². The van der Waals surface area contributed by atoms with Gasteiger partial charge in [0.1, 0.15) is 0 Å². The Morgan fingerprint density at radius 3 is 2.11 bits per heavy atom. The number of aliphatic hydroxyl groups is 1. The topological polar surface area (TPSA) is 87.2 Å². The summed E-state index contributed by atoms with van der Waals surface area (Å²) in [5, 5.41) is 11.1. The predicted molar refractivity (Wildman–Crippen MR) is 98.0 cm³/mol. The fraction of sp³-hybridized carbons (Fsp3) is 0.250. The Morgan fingerprint density at radius 2 is 1.52 bits per heavy atom. The Hall–Kier alpha value is -3.03. The summed E-state index contributed by atoms with van der Waals surface area (Å²) in [5.41, 5.74) is -1.48. The smallest absolute Gasteiger partial charge is 0.338 e. The van der Waals surface area contributed by atoms with Crippen LogP contribution in [0.1, 0.15) is 5.56 Å². The second-order valence-electron chi connectivity index (χ2n) is 6.23. The number of urea groups is 1. The molecule has 3 rings (SSSR count). The summed E-state index contributed by atoms with van der Waals surface area (Å²) in [4.78, 5) is 40.5. The minimum absolute atomic E-state index is 0.0676. The number of carbonyl (C=O) groups is 3. The summed E-state index contributed by atoms with van der Waals surface area (Å²) in [6.07, 6.45) is -0.231. The summed E-state index contributed by atoms with van der Waals surface area (Å²) in [7, 11) is 1.44. The number of para-hydroxylation sites is 1. The fourth-order valence-corrected chi connectivity index (χ4v) is 3.02. The van der Waals surface area contributed by atoms with Crippen molar-refractivity contribution in [1.29, 1.82) is 0 Å². The quantitative estimate of drug-likeness (QED) is 0.783. The van der Waals surface area contributed by atoms with Crippen molar-refractivity contribution in [2.45, 2.75) is 12.0 Å². The lowest BCUT2D eigenvalue weighted by Crippen LogP contribution is -2.70. The number of methoxy groups -OCH3 is 1. The summed E-state index contributed by atoms with van der Waals surface area (Å²) < 4.78 is 4.96. The molecule has 2 aromatic rings. The summed E-state index contributed by atoms with van der Waals surface area (Å²) in [6, 6.07) is 16.1. The molecule has 1 atom stereocenters. The van der Waals surface area contributed by atoms with Gasteiger partial charge >= 0.3 is 6.03 Å². The Morgan fingerprint density at radius 1 is 0.926 bits per heavy atom. The van der Waals surface area contributed by atoms with Gasteiger partial charge in [-0.15, -0.1) is 0 Å². The summed E-state index contributed by atoms with van der Waals surface area (Å²) in [6.45, 7) is 0.0254. The van der Waals surface area contributed by atoms with E-state index in [9.17, 15) is 19.5 Å². The van der Waals surface area contributed by atoms with Crippen LogP contribution in [0.2, 0.25) is 0 Å². The van der Waals surface area contributed by atoms with E-state index >= 15 is 0 Å². The Balaban J connectivity index is 2.04. The van der Waals surface area contributed by atoms with Gasteiger partial charge in [-0.25, -0.2) is 9.69 Å². The van der Waals surface area contributed by atoms with E-state index < -0.39 is 23.4 Å². The first-order valence-corrected chi connectivity index (χ1v) is 8.50. The van der Waals surface area contributed by atoms with Crippen molar-refractivity contribution in [1.82, 2.24) is 4.90 Å². The zero-order chi connectivity index (χ0) is 19.4. The number of nitrogens with zero attached hydrogens (tertiary/aromatic N) is 2. The van der Waals surface area contributed by atoms with Crippen LogP contribution < -0.4 is 4.90 Å². The van der Waals surface area contributed by atoms with E-state index in [1.165, 1.54) is 7.11 Å². The molecule has 2 aromatic carbocycles. The van der Waals surface area contributed by atoms with Crippen molar-refractivity contribution < 1.29 is 24.2 Å². The van der Waals surface area contributed by atoms with E-state index in [4.69, 9.17) is 4.74 Å². The third-order valence-corrected chi connectivity index (χ3v) is 4.41. The van der Waals surface area contributed by atoms with E-state index in [1.54, 1.807) is 60.7 Å². The van der Waals surface area contributed by atoms with Crippen LogP contribution in [0.25, 0.3) is 0 Å². The van der Waals surface area contributed by atoms with Crippen molar-refractivity contribution in [3.8, 4) is 0 Å². The van der Waals surface area contributed by atoms with Gasteiger partial charge in [-0.2, -0.15) is 0 Å². The van der Waals surface area contributed by atoms with Gasteiger partial charge in [0.25, 0.3) is 11.8 Å². The Bertz CT molecular complexity index is 840. The molecule has 0 spiro atoms. The third kappa shape index (κ3) is 3.47. The number of rotatable bonds is 6. The van der Waals surface area contributed by atoms with Crippen LogP contribution in [0, 0.1) is 0 Å². The van der Waals surface area contributed by atoms with Crippen LogP contribution >= 0.6 is 0 Å². The van der Waals surface area contributed by atoms with Gasteiger partial charge < -0.3 is 9.84 Å². The van der Waals surface area contributed by atoms with Gasteiger partial charge in [-0.3, -0.25) is 14.5 Å². The highest BCUT2D eigenvalue weighted by Crippen LogP contribution is 2.29. The first-order chi connectivity index (χ1) is 13.0.